The number of rotatable bonds is 0. The number of fused-ring (bicyclic) bond motifs is 5. The van der Waals surface area contributed by atoms with Gasteiger partial charge >= 0.3 is 0 Å². The van der Waals surface area contributed by atoms with E-state index in [1.807, 2.05) is 0 Å². The summed E-state index contributed by atoms with van der Waals surface area (Å²) in [7, 11) is 0. The maximum atomic E-state index is 10.5. The predicted octanol–water partition coefficient (Wildman–Crippen LogP) is 4.42. The van der Waals surface area contributed by atoms with Crippen LogP contribution >= 0.6 is 0 Å². The van der Waals surface area contributed by atoms with Crippen molar-refractivity contribution in [1.82, 2.24) is 0 Å². The molecule has 3 aliphatic rings. The van der Waals surface area contributed by atoms with Crippen molar-refractivity contribution in [2.24, 2.45) is 17.3 Å². The van der Waals surface area contributed by atoms with Crippen LogP contribution in [-0.2, 0) is 0 Å². The number of hydrogen-bond donors (Lipinski definition) is 1. The Kier molecular flexibility index (Phi) is 2.57. The standard InChI is InChI=1S/C18H24O/c1-18-9-4-7-16(18)15-11-17(19)14-6-3-2-5-12(14)13(15)8-10-18/h2-3,5-6,13,15-17,19H,4,7-11H2,1H3/t13-,15-,16+,17?,18+/m1/s1. The minimum atomic E-state index is -0.222. The molecule has 0 bridgehead atoms. The molecule has 0 amide bonds. The summed E-state index contributed by atoms with van der Waals surface area (Å²) in [4.78, 5) is 0. The number of benzene rings is 1. The molecule has 102 valence electrons. The van der Waals surface area contributed by atoms with Gasteiger partial charge in [-0.1, -0.05) is 37.6 Å². The van der Waals surface area contributed by atoms with Gasteiger partial charge in [0, 0.05) is 0 Å². The normalized spacial score (nSPS) is 44.3. The summed E-state index contributed by atoms with van der Waals surface area (Å²) in [6.45, 7) is 2.51. The van der Waals surface area contributed by atoms with E-state index in [0.29, 0.717) is 5.41 Å². The van der Waals surface area contributed by atoms with Gasteiger partial charge in [-0.05, 0) is 66.4 Å². The van der Waals surface area contributed by atoms with Crippen molar-refractivity contribution in [3.63, 3.8) is 0 Å². The van der Waals surface area contributed by atoms with Crippen molar-refractivity contribution in [3.05, 3.63) is 35.4 Å². The summed E-state index contributed by atoms with van der Waals surface area (Å²) in [5.41, 5.74) is 3.25. The molecular formula is C18H24O. The number of hydrogen-bond acceptors (Lipinski definition) is 1. The molecule has 3 aliphatic carbocycles. The fourth-order valence-electron chi connectivity index (χ4n) is 5.53. The molecule has 1 N–H and O–H groups in total. The Morgan fingerprint density at radius 1 is 1.11 bits per heavy atom. The summed E-state index contributed by atoms with van der Waals surface area (Å²) in [5.74, 6) is 2.30. The molecule has 0 aliphatic heterocycles. The van der Waals surface area contributed by atoms with Crippen molar-refractivity contribution in [1.29, 1.82) is 0 Å². The van der Waals surface area contributed by atoms with Crippen molar-refractivity contribution in [3.8, 4) is 0 Å². The van der Waals surface area contributed by atoms with E-state index in [2.05, 4.69) is 31.2 Å². The van der Waals surface area contributed by atoms with Gasteiger partial charge in [-0.15, -0.1) is 0 Å². The first-order valence-corrected chi connectivity index (χ1v) is 7.96. The molecule has 19 heavy (non-hydrogen) atoms. The molecule has 1 unspecified atom stereocenters. The maximum Gasteiger partial charge on any atom is 0.0795 e. The van der Waals surface area contributed by atoms with E-state index < -0.39 is 0 Å². The van der Waals surface area contributed by atoms with Gasteiger partial charge in [0.25, 0.3) is 0 Å². The highest BCUT2D eigenvalue weighted by atomic mass is 16.3. The van der Waals surface area contributed by atoms with Crippen LogP contribution in [0.3, 0.4) is 0 Å². The van der Waals surface area contributed by atoms with E-state index in [9.17, 15) is 5.11 Å². The Balaban J connectivity index is 1.76. The average molecular weight is 256 g/mol. The molecule has 1 nitrogen and oxygen atoms in total. The van der Waals surface area contributed by atoms with Crippen molar-refractivity contribution >= 4 is 0 Å². The first-order valence-electron chi connectivity index (χ1n) is 7.96. The molecule has 1 aromatic carbocycles. The highest BCUT2D eigenvalue weighted by molar-refractivity contribution is 5.36. The first-order chi connectivity index (χ1) is 9.19. The quantitative estimate of drug-likeness (QED) is 0.728. The molecule has 2 saturated carbocycles. The van der Waals surface area contributed by atoms with Crippen LogP contribution < -0.4 is 0 Å². The van der Waals surface area contributed by atoms with E-state index >= 15 is 0 Å². The maximum absolute atomic E-state index is 10.5. The largest absolute Gasteiger partial charge is 0.388 e. The molecule has 1 heteroatoms. The summed E-state index contributed by atoms with van der Waals surface area (Å²) in [6.07, 6.45) is 7.72. The average Bonchev–Trinajstić information content (AvgIpc) is 2.81. The van der Waals surface area contributed by atoms with Crippen LogP contribution in [0.2, 0.25) is 0 Å². The molecule has 0 spiro atoms. The van der Waals surface area contributed by atoms with Crippen molar-refractivity contribution < 1.29 is 5.11 Å². The van der Waals surface area contributed by atoms with Crippen LogP contribution in [0, 0.1) is 17.3 Å². The summed E-state index contributed by atoms with van der Waals surface area (Å²) >= 11 is 0. The first kappa shape index (κ1) is 12.0. The van der Waals surface area contributed by atoms with Gasteiger partial charge in [-0.25, -0.2) is 0 Å². The van der Waals surface area contributed by atoms with Crippen molar-refractivity contribution in [2.45, 2.75) is 57.5 Å². The third kappa shape index (κ3) is 1.64. The van der Waals surface area contributed by atoms with Gasteiger partial charge in [0.15, 0.2) is 0 Å². The summed E-state index contributed by atoms with van der Waals surface area (Å²) < 4.78 is 0. The molecule has 0 radical (unpaired) electrons. The predicted molar refractivity (Wildman–Crippen MR) is 76.9 cm³/mol. The lowest BCUT2D eigenvalue weighted by atomic mass is 9.55. The van der Waals surface area contributed by atoms with Gasteiger partial charge in [0.2, 0.25) is 0 Å². The highest BCUT2D eigenvalue weighted by Crippen LogP contribution is 2.61. The Morgan fingerprint density at radius 2 is 1.89 bits per heavy atom. The fraction of sp³-hybridized carbons (Fsp3) is 0.667. The van der Waals surface area contributed by atoms with Gasteiger partial charge in [0.1, 0.15) is 0 Å². The van der Waals surface area contributed by atoms with Gasteiger partial charge in [0.05, 0.1) is 6.10 Å². The number of aliphatic hydroxyl groups is 1. The van der Waals surface area contributed by atoms with E-state index in [1.54, 1.807) is 0 Å². The zero-order chi connectivity index (χ0) is 13.0. The SMILES string of the molecule is C[C@@]12CCC[C@H]1[C@@H]1CC(O)c3ccccc3[C@H]1CC2. The fourth-order valence-corrected chi connectivity index (χ4v) is 5.53. The summed E-state index contributed by atoms with van der Waals surface area (Å²) in [6, 6.07) is 8.63. The van der Waals surface area contributed by atoms with Gasteiger partial charge in [-0.2, -0.15) is 0 Å². The Hall–Kier alpha value is -0.820. The van der Waals surface area contributed by atoms with Gasteiger partial charge < -0.3 is 5.11 Å². The molecular weight excluding hydrogens is 232 g/mol. The summed E-state index contributed by atoms with van der Waals surface area (Å²) in [5, 5.41) is 10.5. The highest BCUT2D eigenvalue weighted by Gasteiger charge is 2.51. The van der Waals surface area contributed by atoms with Crippen LogP contribution in [0.4, 0.5) is 0 Å². The van der Waals surface area contributed by atoms with Crippen LogP contribution in [-0.4, -0.2) is 5.11 Å². The third-order valence-electron chi connectivity index (χ3n) is 6.47. The van der Waals surface area contributed by atoms with E-state index in [4.69, 9.17) is 0 Å². The lowest BCUT2D eigenvalue weighted by molar-refractivity contribution is 0.0182. The molecule has 2 fully saturated rings. The number of aliphatic hydroxyl groups excluding tert-OH is 1. The molecule has 4 rings (SSSR count). The van der Waals surface area contributed by atoms with E-state index in [1.165, 1.54) is 43.2 Å². The van der Waals surface area contributed by atoms with E-state index in [-0.39, 0.29) is 6.10 Å². The smallest absolute Gasteiger partial charge is 0.0795 e. The minimum Gasteiger partial charge on any atom is -0.388 e. The van der Waals surface area contributed by atoms with E-state index in [0.717, 1.165) is 24.2 Å². The monoisotopic (exact) mass is 256 g/mol. The second kappa shape index (κ2) is 4.09. The Morgan fingerprint density at radius 3 is 2.74 bits per heavy atom. The second-order valence-corrected chi connectivity index (χ2v) is 7.34. The Labute approximate surface area is 116 Å². The zero-order valence-corrected chi connectivity index (χ0v) is 11.8. The molecule has 5 atom stereocenters. The zero-order valence-electron chi connectivity index (χ0n) is 11.8. The lowest BCUT2D eigenvalue weighted by Gasteiger charge is -2.50. The molecule has 0 aromatic heterocycles. The second-order valence-electron chi connectivity index (χ2n) is 7.34. The Bertz CT molecular complexity index is 494. The topological polar surface area (TPSA) is 20.2 Å². The third-order valence-corrected chi connectivity index (χ3v) is 6.47. The van der Waals surface area contributed by atoms with Crippen LogP contribution in [0.15, 0.2) is 24.3 Å². The van der Waals surface area contributed by atoms with Gasteiger partial charge in [-0.3, -0.25) is 0 Å². The molecule has 0 heterocycles. The van der Waals surface area contributed by atoms with Crippen LogP contribution in [0.25, 0.3) is 0 Å². The van der Waals surface area contributed by atoms with Crippen LogP contribution in [0.5, 0.6) is 0 Å². The van der Waals surface area contributed by atoms with Crippen LogP contribution in [0.1, 0.15) is 68.6 Å². The molecule has 0 saturated heterocycles. The molecule has 1 aromatic rings. The van der Waals surface area contributed by atoms with Crippen molar-refractivity contribution in [2.75, 3.05) is 0 Å². The minimum absolute atomic E-state index is 0.222. The lowest BCUT2D eigenvalue weighted by Crippen LogP contribution is -2.40.